The highest BCUT2D eigenvalue weighted by Gasteiger charge is 2.38. The van der Waals surface area contributed by atoms with Crippen molar-refractivity contribution >= 4 is 11.6 Å². The molecule has 0 amide bonds. The summed E-state index contributed by atoms with van der Waals surface area (Å²) in [6.45, 7) is 0. The second kappa shape index (κ2) is 3.79. The number of nitrogens with two attached hydrogens (primary N) is 1. The molecule has 3 N–H and O–H groups in total. The molecule has 0 spiro atoms. The Hall–Kier alpha value is -1.00. The van der Waals surface area contributed by atoms with E-state index in [-0.39, 0.29) is 10.8 Å². The molecule has 1 aliphatic carbocycles. The van der Waals surface area contributed by atoms with Gasteiger partial charge in [0.05, 0.1) is 12.1 Å². The monoisotopic (exact) mass is 245 g/mol. The zero-order chi connectivity index (χ0) is 11.9. The van der Waals surface area contributed by atoms with Crippen molar-refractivity contribution in [2.24, 2.45) is 5.73 Å². The van der Waals surface area contributed by atoms with Crippen LogP contribution in [0.2, 0.25) is 5.02 Å². The Morgan fingerprint density at radius 1 is 1.56 bits per heavy atom. The molecule has 0 heterocycles. The van der Waals surface area contributed by atoms with Crippen molar-refractivity contribution in [1.82, 2.24) is 0 Å². The summed E-state index contributed by atoms with van der Waals surface area (Å²) in [6, 6.07) is 1.48. The van der Waals surface area contributed by atoms with Gasteiger partial charge in [-0.2, -0.15) is 4.39 Å². The second-order valence-electron chi connectivity index (χ2n) is 4.11. The summed E-state index contributed by atoms with van der Waals surface area (Å²) in [5, 5.41) is 9.33. The molecule has 2 rings (SSSR count). The average Bonchev–Trinajstić information content (AvgIpc) is 2.22. The first-order valence-electron chi connectivity index (χ1n) is 5.04. The molecule has 0 saturated heterocycles. The quantitative estimate of drug-likeness (QED) is 0.842. The zero-order valence-electron chi connectivity index (χ0n) is 8.89. The van der Waals surface area contributed by atoms with Crippen molar-refractivity contribution in [2.45, 2.75) is 24.8 Å². The molecular formula is C11H13ClFNO2. The first-order valence-corrected chi connectivity index (χ1v) is 5.42. The molecule has 88 valence electrons. The van der Waals surface area contributed by atoms with E-state index in [9.17, 15) is 9.50 Å². The van der Waals surface area contributed by atoms with Gasteiger partial charge in [0.15, 0.2) is 11.5 Å². The molecule has 0 unspecified atom stereocenters. The number of ether oxygens (including phenoxy) is 1. The maximum absolute atomic E-state index is 13.7. The summed E-state index contributed by atoms with van der Waals surface area (Å²) in [6.07, 6.45) is 2.54. The van der Waals surface area contributed by atoms with Gasteiger partial charge in [-0.15, -0.1) is 0 Å². The number of aromatic hydroxyl groups is 1. The fourth-order valence-corrected chi connectivity index (χ4v) is 2.18. The van der Waals surface area contributed by atoms with Crippen LogP contribution in [0, 0.1) is 5.82 Å². The topological polar surface area (TPSA) is 55.5 Å². The summed E-state index contributed by atoms with van der Waals surface area (Å²) >= 11 is 5.73. The van der Waals surface area contributed by atoms with Gasteiger partial charge in [-0.05, 0) is 25.3 Å². The Morgan fingerprint density at radius 2 is 2.19 bits per heavy atom. The van der Waals surface area contributed by atoms with Gasteiger partial charge in [-0.3, -0.25) is 0 Å². The highest BCUT2D eigenvalue weighted by Crippen LogP contribution is 2.47. The van der Waals surface area contributed by atoms with Crippen molar-refractivity contribution in [3.05, 3.63) is 22.5 Å². The third-order valence-corrected chi connectivity index (χ3v) is 3.42. The van der Waals surface area contributed by atoms with Crippen molar-refractivity contribution in [3.8, 4) is 11.5 Å². The van der Waals surface area contributed by atoms with E-state index >= 15 is 0 Å². The molecule has 3 nitrogen and oxygen atoms in total. The van der Waals surface area contributed by atoms with Crippen molar-refractivity contribution in [2.75, 3.05) is 7.11 Å². The first kappa shape index (κ1) is 11.5. The number of halogens is 2. The SMILES string of the molecule is COc1c(C2(N)CCC2)cc(Cl)c(O)c1F. The zero-order valence-corrected chi connectivity index (χ0v) is 9.64. The molecule has 1 aromatic carbocycles. The Morgan fingerprint density at radius 3 is 2.62 bits per heavy atom. The fraction of sp³-hybridized carbons (Fsp3) is 0.455. The van der Waals surface area contributed by atoms with Gasteiger partial charge in [0, 0.05) is 11.1 Å². The van der Waals surface area contributed by atoms with Crippen LogP contribution in [0.5, 0.6) is 11.5 Å². The van der Waals surface area contributed by atoms with E-state index in [0.717, 1.165) is 19.3 Å². The van der Waals surface area contributed by atoms with Gasteiger partial charge in [0.2, 0.25) is 5.82 Å². The number of rotatable bonds is 2. The number of benzene rings is 1. The summed E-state index contributed by atoms with van der Waals surface area (Å²) in [4.78, 5) is 0. The molecule has 0 atom stereocenters. The minimum Gasteiger partial charge on any atom is -0.504 e. The van der Waals surface area contributed by atoms with Crippen LogP contribution in [0.3, 0.4) is 0 Å². The Kier molecular flexibility index (Phi) is 2.72. The van der Waals surface area contributed by atoms with Crippen LogP contribution >= 0.6 is 11.6 Å². The number of phenolic OH excluding ortho intramolecular Hbond substituents is 1. The third-order valence-electron chi connectivity index (χ3n) is 3.14. The summed E-state index contributed by atoms with van der Waals surface area (Å²) in [7, 11) is 1.34. The van der Waals surface area contributed by atoms with E-state index in [1.54, 1.807) is 0 Å². The predicted octanol–water partition coefficient (Wildman–Crippen LogP) is 2.53. The van der Waals surface area contributed by atoms with Crippen LogP contribution in [0.25, 0.3) is 0 Å². The Balaban J connectivity index is 2.60. The van der Waals surface area contributed by atoms with Gasteiger partial charge < -0.3 is 15.6 Å². The first-order chi connectivity index (χ1) is 7.49. The molecule has 1 fully saturated rings. The largest absolute Gasteiger partial charge is 0.504 e. The molecule has 0 aromatic heterocycles. The van der Waals surface area contributed by atoms with Crippen LogP contribution < -0.4 is 10.5 Å². The third kappa shape index (κ3) is 1.53. The summed E-state index contributed by atoms with van der Waals surface area (Å²) in [5.41, 5.74) is 6.05. The van der Waals surface area contributed by atoms with E-state index < -0.39 is 17.1 Å². The fourth-order valence-electron chi connectivity index (χ4n) is 1.99. The van der Waals surface area contributed by atoms with E-state index in [4.69, 9.17) is 22.1 Å². The minimum atomic E-state index is -0.846. The minimum absolute atomic E-state index is 0.0101. The van der Waals surface area contributed by atoms with E-state index in [0.29, 0.717) is 5.56 Å². The van der Waals surface area contributed by atoms with Crippen molar-refractivity contribution in [3.63, 3.8) is 0 Å². The highest BCUT2D eigenvalue weighted by molar-refractivity contribution is 6.32. The van der Waals surface area contributed by atoms with Crippen LogP contribution in [0.4, 0.5) is 4.39 Å². The second-order valence-corrected chi connectivity index (χ2v) is 4.52. The lowest BCUT2D eigenvalue weighted by atomic mass is 9.72. The molecule has 16 heavy (non-hydrogen) atoms. The molecule has 1 aromatic rings. The molecule has 0 aliphatic heterocycles. The maximum Gasteiger partial charge on any atom is 0.208 e. The van der Waals surface area contributed by atoms with E-state index in [1.165, 1.54) is 13.2 Å². The van der Waals surface area contributed by atoms with Crippen molar-refractivity contribution < 1.29 is 14.2 Å². The van der Waals surface area contributed by atoms with E-state index in [1.807, 2.05) is 0 Å². The Labute approximate surface area is 98.0 Å². The summed E-state index contributed by atoms with van der Waals surface area (Å²) < 4.78 is 18.7. The van der Waals surface area contributed by atoms with Crippen LogP contribution in [-0.2, 0) is 5.54 Å². The molecule has 1 saturated carbocycles. The van der Waals surface area contributed by atoms with Gasteiger partial charge in [-0.25, -0.2) is 0 Å². The van der Waals surface area contributed by atoms with Crippen molar-refractivity contribution in [1.29, 1.82) is 0 Å². The number of methoxy groups -OCH3 is 1. The molecule has 0 bridgehead atoms. The van der Waals surface area contributed by atoms with Gasteiger partial charge >= 0.3 is 0 Å². The Bertz CT molecular complexity index is 432. The lowest BCUT2D eigenvalue weighted by Gasteiger charge is -2.39. The van der Waals surface area contributed by atoms with Crippen LogP contribution in [0.15, 0.2) is 6.07 Å². The van der Waals surface area contributed by atoms with Gasteiger partial charge in [0.1, 0.15) is 0 Å². The smallest absolute Gasteiger partial charge is 0.208 e. The summed E-state index contributed by atoms with van der Waals surface area (Å²) in [5.74, 6) is -1.45. The lowest BCUT2D eigenvalue weighted by Crippen LogP contribution is -2.43. The van der Waals surface area contributed by atoms with Gasteiger partial charge in [0.25, 0.3) is 0 Å². The molecule has 0 radical (unpaired) electrons. The normalized spacial score (nSPS) is 18.0. The van der Waals surface area contributed by atoms with E-state index in [2.05, 4.69) is 0 Å². The van der Waals surface area contributed by atoms with Crippen LogP contribution in [0.1, 0.15) is 24.8 Å². The highest BCUT2D eigenvalue weighted by atomic mass is 35.5. The molecule has 1 aliphatic rings. The standard InChI is InChI=1S/C11H13ClFNO2/c1-16-10-6(11(14)3-2-4-11)5-7(12)9(15)8(10)13/h5,15H,2-4,14H2,1H3. The van der Waals surface area contributed by atoms with Gasteiger partial charge in [-0.1, -0.05) is 11.6 Å². The maximum atomic E-state index is 13.7. The molecule has 5 heteroatoms. The average molecular weight is 246 g/mol. The number of phenols is 1. The predicted molar refractivity (Wildman–Crippen MR) is 59.3 cm³/mol. The number of hydrogen-bond acceptors (Lipinski definition) is 3. The number of hydrogen-bond donors (Lipinski definition) is 2. The lowest BCUT2D eigenvalue weighted by molar-refractivity contribution is 0.239. The molecular weight excluding hydrogens is 233 g/mol. The van der Waals surface area contributed by atoms with Crippen LogP contribution in [-0.4, -0.2) is 12.2 Å².